The quantitative estimate of drug-likeness (QED) is 0.840. The van der Waals surface area contributed by atoms with Gasteiger partial charge in [-0.15, -0.1) is 0 Å². The van der Waals surface area contributed by atoms with Crippen molar-refractivity contribution < 1.29 is 14.6 Å². The van der Waals surface area contributed by atoms with Crippen molar-refractivity contribution in [2.75, 3.05) is 31.6 Å². The molecule has 0 saturated carbocycles. The second-order valence-electron chi connectivity index (χ2n) is 4.68. The fraction of sp³-hybridized carbons (Fsp3) is 0.500. The summed E-state index contributed by atoms with van der Waals surface area (Å²) in [4.78, 5) is 13.0. The van der Waals surface area contributed by atoms with E-state index in [2.05, 4.69) is 10.2 Å². The van der Waals surface area contributed by atoms with Crippen molar-refractivity contribution in [1.82, 2.24) is 5.32 Å². The Balaban J connectivity index is 2.06. The maximum absolute atomic E-state index is 10.7. The molecule has 1 saturated heterocycles. The average molecular weight is 264 g/mol. The molecular formula is C14H20N2O3. The van der Waals surface area contributed by atoms with Crippen LogP contribution in [0, 0.1) is 0 Å². The molecule has 1 atom stereocenters. The van der Waals surface area contributed by atoms with Gasteiger partial charge < -0.3 is 20.1 Å². The van der Waals surface area contributed by atoms with Crippen LogP contribution in [0.5, 0.6) is 5.75 Å². The Hall–Kier alpha value is -1.75. The van der Waals surface area contributed by atoms with Gasteiger partial charge in [-0.05, 0) is 30.7 Å². The number of carbonyl (C=O) groups is 1. The van der Waals surface area contributed by atoms with E-state index in [4.69, 9.17) is 9.84 Å². The summed E-state index contributed by atoms with van der Waals surface area (Å²) in [5.41, 5.74) is 1.12. The van der Waals surface area contributed by atoms with E-state index < -0.39 is 5.97 Å². The number of piperazine rings is 1. The van der Waals surface area contributed by atoms with Crippen LogP contribution in [0.2, 0.25) is 0 Å². The first-order valence-electron chi connectivity index (χ1n) is 6.54. The smallest absolute Gasteiger partial charge is 0.303 e. The Morgan fingerprint density at radius 1 is 1.47 bits per heavy atom. The second-order valence-corrected chi connectivity index (χ2v) is 4.68. The van der Waals surface area contributed by atoms with Crippen LogP contribution in [0.15, 0.2) is 24.3 Å². The summed E-state index contributed by atoms with van der Waals surface area (Å²) >= 11 is 0. The Kier molecular flexibility index (Phi) is 4.63. The lowest BCUT2D eigenvalue weighted by molar-refractivity contribution is -0.137. The maximum atomic E-state index is 10.7. The predicted octanol–water partition coefficient (Wildman–Crippen LogP) is 1.34. The molecule has 1 aromatic rings. The molecule has 5 heteroatoms. The number of benzene rings is 1. The Labute approximate surface area is 113 Å². The molecular weight excluding hydrogens is 244 g/mol. The van der Waals surface area contributed by atoms with Gasteiger partial charge in [0.2, 0.25) is 0 Å². The fourth-order valence-electron chi connectivity index (χ4n) is 2.42. The number of methoxy groups -OCH3 is 1. The number of nitrogens with zero attached hydrogens (tertiary/aromatic N) is 1. The summed E-state index contributed by atoms with van der Waals surface area (Å²) in [6.07, 6.45) is 0.868. The Morgan fingerprint density at radius 2 is 2.21 bits per heavy atom. The number of carboxylic acids is 1. The summed E-state index contributed by atoms with van der Waals surface area (Å²) in [5, 5.41) is 12.1. The van der Waals surface area contributed by atoms with Crippen molar-refractivity contribution in [2.45, 2.75) is 18.9 Å². The first kappa shape index (κ1) is 13.7. The van der Waals surface area contributed by atoms with Crippen molar-refractivity contribution in [2.24, 2.45) is 0 Å². The zero-order valence-electron chi connectivity index (χ0n) is 11.1. The van der Waals surface area contributed by atoms with E-state index in [0.717, 1.165) is 31.1 Å². The highest BCUT2D eigenvalue weighted by Gasteiger charge is 2.22. The topological polar surface area (TPSA) is 61.8 Å². The van der Waals surface area contributed by atoms with Gasteiger partial charge >= 0.3 is 5.97 Å². The first-order chi connectivity index (χ1) is 9.20. The third-order valence-corrected chi connectivity index (χ3v) is 3.45. The number of nitrogens with one attached hydrogen (secondary N) is 1. The van der Waals surface area contributed by atoms with E-state index in [1.807, 2.05) is 24.3 Å². The molecule has 5 nitrogen and oxygen atoms in total. The number of carboxylic acid groups (broad SMARTS) is 1. The van der Waals surface area contributed by atoms with E-state index in [0.29, 0.717) is 6.42 Å². The lowest BCUT2D eigenvalue weighted by Crippen LogP contribution is -2.51. The molecule has 1 heterocycles. The molecule has 0 amide bonds. The molecule has 1 aromatic carbocycles. The Bertz CT molecular complexity index is 419. The standard InChI is InChI=1S/C14H20N2O3/c1-19-13-5-2-11(3-6-13)16-9-8-15-10-12(16)4-7-14(17)18/h2-3,5-6,12,15H,4,7-10H2,1H3,(H,17,18). The minimum absolute atomic E-state index is 0.207. The van der Waals surface area contributed by atoms with E-state index in [-0.39, 0.29) is 12.5 Å². The number of rotatable bonds is 5. The summed E-state index contributed by atoms with van der Waals surface area (Å²) in [6.45, 7) is 2.66. The van der Waals surface area contributed by atoms with Gasteiger partial charge in [0.25, 0.3) is 0 Å². The molecule has 1 aliphatic rings. The van der Waals surface area contributed by atoms with Crippen molar-refractivity contribution in [3.63, 3.8) is 0 Å². The summed E-state index contributed by atoms with van der Waals surface area (Å²) < 4.78 is 5.15. The number of aliphatic carboxylic acids is 1. The predicted molar refractivity (Wildman–Crippen MR) is 73.9 cm³/mol. The van der Waals surface area contributed by atoms with Gasteiger partial charge in [-0.25, -0.2) is 0 Å². The molecule has 0 spiro atoms. The maximum Gasteiger partial charge on any atom is 0.303 e. The van der Waals surface area contributed by atoms with Crippen LogP contribution in [0.4, 0.5) is 5.69 Å². The first-order valence-corrected chi connectivity index (χ1v) is 6.54. The monoisotopic (exact) mass is 264 g/mol. The summed E-state index contributed by atoms with van der Waals surface area (Å²) in [5.74, 6) is 0.0984. The number of ether oxygens (including phenoxy) is 1. The van der Waals surface area contributed by atoms with Gasteiger partial charge in [0.15, 0.2) is 0 Å². The second kappa shape index (κ2) is 6.43. The third-order valence-electron chi connectivity index (χ3n) is 3.45. The molecule has 19 heavy (non-hydrogen) atoms. The van der Waals surface area contributed by atoms with E-state index >= 15 is 0 Å². The molecule has 0 radical (unpaired) electrons. The molecule has 1 unspecified atom stereocenters. The summed E-state index contributed by atoms with van der Waals surface area (Å²) in [7, 11) is 1.65. The zero-order chi connectivity index (χ0) is 13.7. The highest BCUT2D eigenvalue weighted by atomic mass is 16.5. The number of hydrogen-bond donors (Lipinski definition) is 2. The third kappa shape index (κ3) is 3.61. The molecule has 2 N–H and O–H groups in total. The van der Waals surface area contributed by atoms with Crippen LogP contribution in [0.1, 0.15) is 12.8 Å². The Morgan fingerprint density at radius 3 is 2.84 bits per heavy atom. The van der Waals surface area contributed by atoms with Gasteiger partial charge in [-0.2, -0.15) is 0 Å². The largest absolute Gasteiger partial charge is 0.497 e. The fourth-order valence-corrected chi connectivity index (χ4v) is 2.42. The highest BCUT2D eigenvalue weighted by Crippen LogP contribution is 2.23. The van der Waals surface area contributed by atoms with E-state index in [9.17, 15) is 4.79 Å². The van der Waals surface area contributed by atoms with Crippen molar-refractivity contribution >= 4 is 11.7 Å². The lowest BCUT2D eigenvalue weighted by Gasteiger charge is -2.38. The molecule has 0 aliphatic carbocycles. The van der Waals surface area contributed by atoms with Crippen LogP contribution >= 0.6 is 0 Å². The van der Waals surface area contributed by atoms with E-state index in [1.54, 1.807) is 7.11 Å². The van der Waals surface area contributed by atoms with Gasteiger partial charge in [0.1, 0.15) is 5.75 Å². The van der Waals surface area contributed by atoms with Crippen molar-refractivity contribution in [3.8, 4) is 5.75 Å². The summed E-state index contributed by atoms with van der Waals surface area (Å²) in [6, 6.07) is 8.16. The van der Waals surface area contributed by atoms with Crippen LogP contribution in [-0.4, -0.2) is 43.9 Å². The highest BCUT2D eigenvalue weighted by molar-refractivity contribution is 5.66. The van der Waals surface area contributed by atoms with Crippen LogP contribution in [-0.2, 0) is 4.79 Å². The average Bonchev–Trinajstić information content (AvgIpc) is 2.45. The van der Waals surface area contributed by atoms with Crippen molar-refractivity contribution in [1.29, 1.82) is 0 Å². The molecule has 1 fully saturated rings. The molecule has 1 aliphatic heterocycles. The molecule has 0 aromatic heterocycles. The van der Waals surface area contributed by atoms with Gasteiger partial charge in [-0.3, -0.25) is 4.79 Å². The van der Waals surface area contributed by atoms with Gasteiger partial charge in [0, 0.05) is 37.8 Å². The molecule has 0 bridgehead atoms. The minimum atomic E-state index is -0.736. The van der Waals surface area contributed by atoms with Crippen LogP contribution < -0.4 is 15.0 Å². The van der Waals surface area contributed by atoms with E-state index in [1.165, 1.54) is 0 Å². The normalized spacial score (nSPS) is 19.2. The van der Waals surface area contributed by atoms with Gasteiger partial charge in [-0.1, -0.05) is 0 Å². The SMILES string of the molecule is COc1ccc(N2CCNCC2CCC(=O)O)cc1. The molecule has 2 rings (SSSR count). The lowest BCUT2D eigenvalue weighted by atomic mass is 10.1. The van der Waals surface area contributed by atoms with Crippen LogP contribution in [0.25, 0.3) is 0 Å². The molecule has 104 valence electrons. The van der Waals surface area contributed by atoms with Crippen molar-refractivity contribution in [3.05, 3.63) is 24.3 Å². The zero-order valence-corrected chi connectivity index (χ0v) is 11.1. The van der Waals surface area contributed by atoms with Gasteiger partial charge in [0.05, 0.1) is 7.11 Å². The number of anilines is 1. The minimum Gasteiger partial charge on any atom is -0.497 e. The van der Waals surface area contributed by atoms with Crippen LogP contribution in [0.3, 0.4) is 0 Å². The number of hydrogen-bond acceptors (Lipinski definition) is 4.